The van der Waals surface area contributed by atoms with Crippen molar-refractivity contribution in [2.75, 3.05) is 11.5 Å². The molecule has 1 saturated heterocycles. The Morgan fingerprint density at radius 2 is 2.29 bits per heavy atom. The molecule has 0 unspecified atom stereocenters. The number of rotatable bonds is 0. The fraction of sp³-hybridized carbons (Fsp3) is 1.00. The molecule has 0 amide bonds. The largest absolute Gasteiger partial charge is 0.248 e. The van der Waals surface area contributed by atoms with Gasteiger partial charge in [0.15, 0.2) is 0 Å². The third-order valence-electron chi connectivity index (χ3n) is 0.920. The number of hydrogen-bond donors (Lipinski definition) is 0. The molecule has 0 aromatic heterocycles. The Morgan fingerprint density at radius 3 is 2.57 bits per heavy atom. The first-order valence-corrected chi connectivity index (χ1v) is 5.23. The van der Waals surface area contributed by atoms with Crippen molar-refractivity contribution in [2.45, 2.75) is 12.8 Å². The average molecular weight is 136 g/mol. The molecule has 0 bridgehead atoms. The van der Waals surface area contributed by atoms with Gasteiger partial charge in [-0.1, -0.05) is 10.8 Å². The van der Waals surface area contributed by atoms with Crippen LogP contribution in [0.4, 0.5) is 0 Å². The minimum atomic E-state index is -0.524. The Balaban J connectivity index is 2.25. The minimum Gasteiger partial charge on any atom is -0.248 e. The van der Waals surface area contributed by atoms with Gasteiger partial charge in [0.1, 0.15) is 0 Å². The lowest BCUT2D eigenvalue weighted by molar-refractivity contribution is 0.687. The molecule has 0 aliphatic carbocycles. The molecule has 1 aliphatic rings. The van der Waals surface area contributed by atoms with E-state index in [0.29, 0.717) is 0 Å². The Bertz CT molecular complexity index is 73.8. The van der Waals surface area contributed by atoms with Gasteiger partial charge in [0.25, 0.3) is 0 Å². The molecule has 0 N–H and O–H groups in total. The van der Waals surface area contributed by atoms with Gasteiger partial charge in [-0.2, -0.15) is 0 Å². The molecule has 0 saturated carbocycles. The fourth-order valence-corrected chi connectivity index (χ4v) is 3.22. The van der Waals surface area contributed by atoms with E-state index in [-0.39, 0.29) is 0 Å². The molecular weight excluding hydrogens is 128 g/mol. The summed E-state index contributed by atoms with van der Waals surface area (Å²) in [4.78, 5) is 0. The first kappa shape index (κ1) is 5.63. The zero-order valence-electron chi connectivity index (χ0n) is 4.05. The predicted octanol–water partition coefficient (Wildman–Crippen LogP) is 1.18. The van der Waals surface area contributed by atoms with E-state index in [4.69, 9.17) is 0 Å². The fourth-order valence-electron chi connectivity index (χ4n) is 0.533. The monoisotopic (exact) mass is 136 g/mol. The zero-order chi connectivity index (χ0) is 5.11. The SMILES string of the molecule is O=[S@@]1CCCCS1. The third kappa shape index (κ3) is 1.82. The molecule has 1 rings (SSSR count). The molecule has 0 aromatic rings. The maximum atomic E-state index is 10.5. The van der Waals surface area contributed by atoms with Crippen molar-refractivity contribution in [3.63, 3.8) is 0 Å². The quantitative estimate of drug-likeness (QED) is 0.465. The van der Waals surface area contributed by atoms with Gasteiger partial charge in [-0.3, -0.25) is 0 Å². The Labute approximate surface area is 49.7 Å². The highest BCUT2D eigenvalue weighted by Gasteiger charge is 2.05. The standard InChI is InChI=1S/C4H8OS2/c5-7-4-2-1-3-6-7/h1-4H2/t7-/m0/s1. The second-order valence-corrected chi connectivity index (χ2v) is 5.02. The molecule has 1 aliphatic heterocycles. The molecular formula is C4H8OS2. The van der Waals surface area contributed by atoms with Crippen LogP contribution in [0, 0.1) is 0 Å². The van der Waals surface area contributed by atoms with Gasteiger partial charge in [0.05, 0.1) is 9.83 Å². The highest BCUT2D eigenvalue weighted by atomic mass is 33.1. The van der Waals surface area contributed by atoms with E-state index < -0.39 is 9.83 Å². The molecule has 7 heavy (non-hydrogen) atoms. The van der Waals surface area contributed by atoms with Crippen LogP contribution in [0.5, 0.6) is 0 Å². The lowest BCUT2D eigenvalue weighted by atomic mass is 10.4. The Hall–Kier alpha value is 0.500. The zero-order valence-corrected chi connectivity index (χ0v) is 5.69. The van der Waals surface area contributed by atoms with Crippen molar-refractivity contribution in [3.05, 3.63) is 0 Å². The van der Waals surface area contributed by atoms with Crippen molar-refractivity contribution < 1.29 is 4.21 Å². The van der Waals surface area contributed by atoms with Crippen LogP contribution in [0.2, 0.25) is 0 Å². The first-order valence-electron chi connectivity index (χ1n) is 2.41. The predicted molar refractivity (Wildman–Crippen MR) is 34.7 cm³/mol. The average Bonchev–Trinajstić information content (AvgIpc) is 1.69. The van der Waals surface area contributed by atoms with Gasteiger partial charge >= 0.3 is 0 Å². The van der Waals surface area contributed by atoms with Gasteiger partial charge in [-0.25, -0.2) is 4.21 Å². The molecule has 3 heteroatoms. The molecule has 1 atom stereocenters. The third-order valence-corrected chi connectivity index (χ3v) is 4.05. The van der Waals surface area contributed by atoms with Gasteiger partial charge in [0.2, 0.25) is 0 Å². The Morgan fingerprint density at radius 1 is 1.43 bits per heavy atom. The van der Waals surface area contributed by atoms with Crippen LogP contribution < -0.4 is 0 Å². The van der Waals surface area contributed by atoms with E-state index in [1.54, 1.807) is 10.8 Å². The van der Waals surface area contributed by atoms with Crippen molar-refractivity contribution in [2.24, 2.45) is 0 Å². The van der Waals surface area contributed by atoms with Gasteiger partial charge in [-0.15, -0.1) is 0 Å². The van der Waals surface area contributed by atoms with Crippen LogP contribution in [0.3, 0.4) is 0 Å². The van der Waals surface area contributed by atoms with E-state index in [9.17, 15) is 4.21 Å². The summed E-state index contributed by atoms with van der Waals surface area (Å²) in [6, 6.07) is 0. The van der Waals surface area contributed by atoms with Crippen molar-refractivity contribution in [3.8, 4) is 0 Å². The molecule has 1 fully saturated rings. The van der Waals surface area contributed by atoms with Gasteiger partial charge < -0.3 is 0 Å². The summed E-state index contributed by atoms with van der Waals surface area (Å²) >= 11 is 0. The first-order chi connectivity index (χ1) is 3.39. The summed E-state index contributed by atoms with van der Waals surface area (Å²) in [5.41, 5.74) is 0. The lowest BCUT2D eigenvalue weighted by Gasteiger charge is -2.05. The molecule has 1 heterocycles. The maximum Gasteiger partial charge on any atom is 0.0803 e. The second-order valence-electron chi connectivity index (χ2n) is 1.54. The van der Waals surface area contributed by atoms with Crippen LogP contribution in [-0.2, 0) is 9.83 Å². The highest BCUT2D eigenvalue weighted by Crippen LogP contribution is 2.17. The smallest absolute Gasteiger partial charge is 0.0803 e. The summed E-state index contributed by atoms with van der Waals surface area (Å²) in [7, 11) is 1.07. The number of hydrogen-bond acceptors (Lipinski definition) is 2. The van der Waals surface area contributed by atoms with E-state index >= 15 is 0 Å². The topological polar surface area (TPSA) is 17.1 Å². The van der Waals surface area contributed by atoms with Gasteiger partial charge in [0, 0.05) is 11.5 Å². The van der Waals surface area contributed by atoms with E-state index in [2.05, 4.69) is 0 Å². The second kappa shape index (κ2) is 2.72. The van der Waals surface area contributed by atoms with Crippen LogP contribution >= 0.6 is 10.8 Å². The van der Waals surface area contributed by atoms with Crippen LogP contribution in [0.1, 0.15) is 12.8 Å². The van der Waals surface area contributed by atoms with E-state index in [1.165, 1.54) is 12.8 Å². The van der Waals surface area contributed by atoms with Crippen LogP contribution in [0.15, 0.2) is 0 Å². The summed E-state index contributed by atoms with van der Waals surface area (Å²) < 4.78 is 10.5. The molecule has 0 aromatic carbocycles. The van der Waals surface area contributed by atoms with Crippen LogP contribution in [0.25, 0.3) is 0 Å². The van der Waals surface area contributed by atoms with E-state index in [0.717, 1.165) is 11.5 Å². The summed E-state index contributed by atoms with van der Waals surface area (Å²) in [5, 5.41) is 0. The van der Waals surface area contributed by atoms with E-state index in [1.807, 2.05) is 0 Å². The highest BCUT2D eigenvalue weighted by molar-refractivity contribution is 8.69. The Kier molecular flexibility index (Phi) is 2.19. The maximum absolute atomic E-state index is 10.5. The normalized spacial score (nSPS) is 32.9. The minimum absolute atomic E-state index is 0.524. The lowest BCUT2D eigenvalue weighted by Crippen LogP contribution is -2.00. The van der Waals surface area contributed by atoms with Crippen molar-refractivity contribution in [1.29, 1.82) is 0 Å². The van der Waals surface area contributed by atoms with Gasteiger partial charge in [-0.05, 0) is 12.8 Å². The van der Waals surface area contributed by atoms with Crippen LogP contribution in [-0.4, -0.2) is 15.7 Å². The summed E-state index contributed by atoms with van der Waals surface area (Å²) in [6.07, 6.45) is 2.43. The molecule has 0 radical (unpaired) electrons. The van der Waals surface area contributed by atoms with Crippen molar-refractivity contribution in [1.82, 2.24) is 0 Å². The molecule has 42 valence electrons. The summed E-state index contributed by atoms with van der Waals surface area (Å²) in [5.74, 6) is 2.03. The van der Waals surface area contributed by atoms with Crippen molar-refractivity contribution >= 4 is 20.6 Å². The summed E-state index contributed by atoms with van der Waals surface area (Å²) in [6.45, 7) is 0. The molecule has 1 nitrogen and oxygen atoms in total. The molecule has 0 spiro atoms.